The summed E-state index contributed by atoms with van der Waals surface area (Å²) in [5, 5.41) is 6.51. The van der Waals surface area contributed by atoms with Crippen molar-refractivity contribution in [3.8, 4) is 0 Å². The van der Waals surface area contributed by atoms with Crippen molar-refractivity contribution in [1.29, 1.82) is 0 Å². The first-order valence-electron chi connectivity index (χ1n) is 6.86. The van der Waals surface area contributed by atoms with Crippen LogP contribution in [0.5, 0.6) is 0 Å². The zero-order chi connectivity index (χ0) is 12.8. The molecule has 1 heterocycles. The highest BCUT2D eigenvalue weighted by Crippen LogP contribution is 2.32. The molecule has 0 bridgehead atoms. The van der Waals surface area contributed by atoms with Crippen LogP contribution >= 0.6 is 0 Å². The Balaban J connectivity index is 1.62. The Morgan fingerprint density at radius 3 is 2.94 bits per heavy atom. The number of fused-ring (bicyclic) bond motifs is 1. The van der Waals surface area contributed by atoms with Crippen LogP contribution < -0.4 is 10.6 Å². The molecule has 104 valence electrons. The van der Waals surface area contributed by atoms with E-state index in [-0.39, 0.29) is 12.5 Å². The second-order valence-electron chi connectivity index (χ2n) is 5.30. The van der Waals surface area contributed by atoms with Gasteiger partial charge in [-0.15, -0.1) is 0 Å². The molecule has 0 spiro atoms. The van der Waals surface area contributed by atoms with Crippen molar-refractivity contribution >= 4 is 5.91 Å². The van der Waals surface area contributed by atoms with Crippen molar-refractivity contribution in [2.45, 2.75) is 25.3 Å². The summed E-state index contributed by atoms with van der Waals surface area (Å²) in [7, 11) is 1.62. The molecule has 0 aromatic rings. The number of ether oxygens (including phenoxy) is 2. The number of rotatable bonds is 6. The Morgan fingerprint density at radius 2 is 2.11 bits per heavy atom. The SMILES string of the molecule is COCCOCC(=O)NC1CC[C@H]2CNC[C@H]2C1. The van der Waals surface area contributed by atoms with Crippen LogP contribution in [0.2, 0.25) is 0 Å². The summed E-state index contributed by atoms with van der Waals surface area (Å²) in [5.74, 6) is 1.58. The van der Waals surface area contributed by atoms with Gasteiger partial charge in [-0.25, -0.2) is 0 Å². The van der Waals surface area contributed by atoms with Crippen LogP contribution in [0.15, 0.2) is 0 Å². The first-order chi connectivity index (χ1) is 8.79. The summed E-state index contributed by atoms with van der Waals surface area (Å²) in [6.07, 6.45) is 3.45. The minimum Gasteiger partial charge on any atom is -0.382 e. The average molecular weight is 256 g/mol. The van der Waals surface area contributed by atoms with E-state index in [2.05, 4.69) is 10.6 Å². The normalized spacial score (nSPS) is 31.1. The lowest BCUT2D eigenvalue weighted by atomic mass is 9.79. The van der Waals surface area contributed by atoms with Crippen LogP contribution in [0.25, 0.3) is 0 Å². The van der Waals surface area contributed by atoms with Crippen LogP contribution in [0, 0.1) is 11.8 Å². The minimum atomic E-state index is 0.000471. The van der Waals surface area contributed by atoms with Crippen molar-refractivity contribution in [2.24, 2.45) is 11.8 Å². The van der Waals surface area contributed by atoms with Crippen LogP contribution in [0.3, 0.4) is 0 Å². The Hall–Kier alpha value is -0.650. The molecule has 5 nitrogen and oxygen atoms in total. The number of carbonyl (C=O) groups excluding carboxylic acids is 1. The van der Waals surface area contributed by atoms with Gasteiger partial charge in [0.05, 0.1) is 13.2 Å². The van der Waals surface area contributed by atoms with E-state index >= 15 is 0 Å². The molecular formula is C13H24N2O3. The summed E-state index contributed by atoms with van der Waals surface area (Å²) in [6.45, 7) is 3.42. The van der Waals surface area contributed by atoms with E-state index < -0.39 is 0 Å². The second kappa shape index (κ2) is 7.07. The predicted molar refractivity (Wildman–Crippen MR) is 68.3 cm³/mol. The van der Waals surface area contributed by atoms with Crippen molar-refractivity contribution < 1.29 is 14.3 Å². The van der Waals surface area contributed by atoms with Crippen molar-refractivity contribution in [1.82, 2.24) is 10.6 Å². The van der Waals surface area contributed by atoms with Gasteiger partial charge in [-0.1, -0.05) is 0 Å². The average Bonchev–Trinajstić information content (AvgIpc) is 2.82. The molecule has 0 radical (unpaired) electrons. The van der Waals surface area contributed by atoms with Gasteiger partial charge in [0.2, 0.25) is 5.91 Å². The lowest BCUT2D eigenvalue weighted by molar-refractivity contribution is -0.127. The summed E-state index contributed by atoms with van der Waals surface area (Å²) >= 11 is 0. The van der Waals surface area contributed by atoms with Gasteiger partial charge in [-0.2, -0.15) is 0 Å². The number of carbonyl (C=O) groups is 1. The molecule has 1 unspecified atom stereocenters. The number of methoxy groups -OCH3 is 1. The number of hydrogen-bond acceptors (Lipinski definition) is 4. The highest BCUT2D eigenvalue weighted by atomic mass is 16.5. The predicted octanol–water partition coefficient (Wildman–Crippen LogP) is 0.154. The molecule has 0 aromatic heterocycles. The van der Waals surface area contributed by atoms with Crippen LogP contribution in [-0.4, -0.2) is 52.0 Å². The van der Waals surface area contributed by atoms with Crippen LogP contribution in [0.4, 0.5) is 0 Å². The first-order valence-corrected chi connectivity index (χ1v) is 6.86. The van der Waals surface area contributed by atoms with E-state index in [4.69, 9.17) is 9.47 Å². The lowest BCUT2D eigenvalue weighted by Crippen LogP contribution is -2.42. The van der Waals surface area contributed by atoms with E-state index in [0.29, 0.717) is 19.3 Å². The summed E-state index contributed by atoms with van der Waals surface area (Å²) in [4.78, 5) is 11.7. The van der Waals surface area contributed by atoms with E-state index in [1.807, 2.05) is 0 Å². The molecule has 18 heavy (non-hydrogen) atoms. The third-order valence-electron chi connectivity index (χ3n) is 3.98. The molecule has 2 aliphatic rings. The maximum absolute atomic E-state index is 11.7. The van der Waals surface area contributed by atoms with Gasteiger partial charge in [0.25, 0.3) is 0 Å². The standard InChI is InChI=1S/C13H24N2O3/c1-17-4-5-18-9-13(16)15-12-3-2-10-7-14-8-11(10)6-12/h10-12,14H,2-9H2,1H3,(H,15,16)/t10-,11+,12?/m0/s1. The highest BCUT2D eigenvalue weighted by molar-refractivity contribution is 5.77. The molecule has 2 rings (SSSR count). The van der Waals surface area contributed by atoms with Crippen LogP contribution in [-0.2, 0) is 14.3 Å². The number of hydrogen-bond donors (Lipinski definition) is 2. The van der Waals surface area contributed by atoms with E-state index in [1.54, 1.807) is 7.11 Å². The molecule has 1 saturated carbocycles. The van der Waals surface area contributed by atoms with Crippen molar-refractivity contribution in [2.75, 3.05) is 40.0 Å². The zero-order valence-corrected chi connectivity index (χ0v) is 11.1. The van der Waals surface area contributed by atoms with Crippen LogP contribution in [0.1, 0.15) is 19.3 Å². The maximum Gasteiger partial charge on any atom is 0.246 e. The quantitative estimate of drug-likeness (QED) is 0.664. The zero-order valence-electron chi connectivity index (χ0n) is 11.1. The topological polar surface area (TPSA) is 59.6 Å². The molecule has 2 N–H and O–H groups in total. The number of nitrogens with one attached hydrogen (secondary N) is 2. The second-order valence-corrected chi connectivity index (χ2v) is 5.30. The fourth-order valence-corrected chi connectivity index (χ4v) is 3.01. The summed E-state index contributed by atoms with van der Waals surface area (Å²) < 4.78 is 10.1. The lowest BCUT2D eigenvalue weighted by Gasteiger charge is -2.31. The van der Waals surface area contributed by atoms with Crippen molar-refractivity contribution in [3.05, 3.63) is 0 Å². The van der Waals surface area contributed by atoms with Crippen molar-refractivity contribution in [3.63, 3.8) is 0 Å². The van der Waals surface area contributed by atoms with Gasteiger partial charge in [0.15, 0.2) is 0 Å². The molecule has 2 fully saturated rings. The third-order valence-corrected chi connectivity index (χ3v) is 3.98. The van der Waals surface area contributed by atoms with Gasteiger partial charge >= 0.3 is 0 Å². The van der Waals surface area contributed by atoms with Gasteiger partial charge in [0.1, 0.15) is 6.61 Å². The molecule has 5 heteroatoms. The fourth-order valence-electron chi connectivity index (χ4n) is 3.01. The van der Waals surface area contributed by atoms with E-state index in [9.17, 15) is 4.79 Å². The van der Waals surface area contributed by atoms with Gasteiger partial charge in [0, 0.05) is 13.2 Å². The van der Waals surface area contributed by atoms with Gasteiger partial charge in [-0.3, -0.25) is 4.79 Å². The van der Waals surface area contributed by atoms with E-state index in [0.717, 1.165) is 37.8 Å². The Bertz CT molecular complexity index is 273. The third kappa shape index (κ3) is 3.93. The smallest absolute Gasteiger partial charge is 0.246 e. The number of amides is 1. The fraction of sp³-hybridized carbons (Fsp3) is 0.923. The summed E-state index contributed by atoms with van der Waals surface area (Å²) in [6, 6.07) is 0.338. The largest absolute Gasteiger partial charge is 0.382 e. The molecule has 1 aliphatic carbocycles. The first kappa shape index (κ1) is 13.8. The van der Waals surface area contributed by atoms with Gasteiger partial charge < -0.3 is 20.1 Å². The Kier molecular flexibility index (Phi) is 5.41. The van der Waals surface area contributed by atoms with E-state index in [1.165, 1.54) is 6.42 Å². The monoisotopic (exact) mass is 256 g/mol. The molecule has 3 atom stereocenters. The van der Waals surface area contributed by atoms with Gasteiger partial charge in [-0.05, 0) is 44.2 Å². The molecule has 1 saturated heterocycles. The molecule has 1 aliphatic heterocycles. The summed E-state index contributed by atoms with van der Waals surface area (Å²) in [5.41, 5.74) is 0. The Morgan fingerprint density at radius 1 is 1.28 bits per heavy atom. The molecular weight excluding hydrogens is 232 g/mol. The maximum atomic E-state index is 11.7. The molecule has 1 amide bonds. The minimum absolute atomic E-state index is 0.000471. The molecule has 0 aromatic carbocycles. The Labute approximate surface area is 109 Å². The highest BCUT2D eigenvalue weighted by Gasteiger charge is 2.34.